The second-order valence-electron chi connectivity index (χ2n) is 9.59. The van der Waals surface area contributed by atoms with Crippen molar-refractivity contribution < 1.29 is 74.7 Å². The SMILES string of the molecule is CCCC[O-].CCCC[O-].O=C(OC(=O)c1ccccc1)C(=O)c1ccccc1.O=C(OC(=O)c1ccccc1)C(=O)c1ccccc1.[Zr+2]. The van der Waals surface area contributed by atoms with Gasteiger partial charge in [0.1, 0.15) is 0 Å². The van der Waals surface area contributed by atoms with Crippen LogP contribution in [-0.4, -0.2) is 48.7 Å². The zero-order chi connectivity index (χ0) is 35.6. The number of unbranched alkanes of at least 4 members (excludes halogenated alkanes) is 2. The van der Waals surface area contributed by atoms with Gasteiger partial charge >= 0.3 is 50.1 Å². The number of carbonyl (C=O) groups excluding carboxylic acids is 6. The number of hydrogen-bond acceptors (Lipinski definition) is 10. The molecule has 0 fully saturated rings. The Morgan fingerprint density at radius 3 is 0.898 bits per heavy atom. The van der Waals surface area contributed by atoms with Crippen molar-refractivity contribution in [1.82, 2.24) is 0 Å². The molecule has 4 aromatic rings. The standard InChI is InChI=1S/2C15H10O4.2C4H9O.Zr/c2*16-13(11-7-3-1-4-8-11)15(18)19-14(17)12-9-5-2-6-10-12;2*1-2-3-4-5;/h2*1-10H;2*2-4H2,1H3;/q;;2*-1;+2. The van der Waals surface area contributed by atoms with Crippen LogP contribution in [0.15, 0.2) is 121 Å². The van der Waals surface area contributed by atoms with Crippen molar-refractivity contribution in [2.75, 3.05) is 13.2 Å². The quantitative estimate of drug-likeness (QED) is 0.0953. The van der Waals surface area contributed by atoms with Gasteiger partial charge in [-0.25, -0.2) is 19.2 Å². The van der Waals surface area contributed by atoms with Gasteiger partial charge in [-0.15, -0.1) is 13.2 Å². The third kappa shape index (κ3) is 18.4. The third-order valence-corrected chi connectivity index (χ3v) is 5.83. The van der Waals surface area contributed by atoms with Gasteiger partial charge in [0.2, 0.25) is 0 Å². The van der Waals surface area contributed by atoms with Crippen LogP contribution in [0.5, 0.6) is 0 Å². The molecule has 0 radical (unpaired) electrons. The van der Waals surface area contributed by atoms with E-state index in [9.17, 15) is 39.0 Å². The molecule has 11 heteroatoms. The largest absolute Gasteiger partial charge is 2.00 e. The topological polar surface area (TPSA) is 167 Å². The Labute approximate surface area is 305 Å². The first-order valence-electron chi connectivity index (χ1n) is 15.2. The summed E-state index contributed by atoms with van der Waals surface area (Å²) in [7, 11) is 0. The minimum atomic E-state index is -1.18. The third-order valence-electron chi connectivity index (χ3n) is 5.83. The van der Waals surface area contributed by atoms with E-state index in [1.165, 1.54) is 48.5 Å². The van der Waals surface area contributed by atoms with Gasteiger partial charge in [-0.2, -0.15) is 0 Å². The molecule has 0 unspecified atom stereocenters. The summed E-state index contributed by atoms with van der Waals surface area (Å²) >= 11 is 0. The van der Waals surface area contributed by atoms with E-state index in [0.29, 0.717) is 0 Å². The van der Waals surface area contributed by atoms with Crippen molar-refractivity contribution in [1.29, 1.82) is 0 Å². The van der Waals surface area contributed by atoms with Gasteiger partial charge in [0.25, 0.3) is 11.6 Å². The fourth-order valence-electron chi connectivity index (χ4n) is 3.23. The smallest absolute Gasteiger partial charge is 0.854 e. The predicted octanol–water partition coefficient (Wildman–Crippen LogP) is 4.80. The van der Waals surface area contributed by atoms with E-state index in [1.54, 1.807) is 72.8 Å². The van der Waals surface area contributed by atoms with E-state index in [1.807, 2.05) is 13.8 Å². The van der Waals surface area contributed by atoms with E-state index in [2.05, 4.69) is 9.47 Å². The Morgan fingerprint density at radius 2 is 0.694 bits per heavy atom. The normalized spacial score (nSPS) is 9.22. The molecule has 0 atom stereocenters. The first-order valence-corrected chi connectivity index (χ1v) is 15.2. The van der Waals surface area contributed by atoms with Gasteiger partial charge in [-0.1, -0.05) is 137 Å². The van der Waals surface area contributed by atoms with Crippen LogP contribution >= 0.6 is 0 Å². The second-order valence-corrected chi connectivity index (χ2v) is 9.59. The Balaban J connectivity index is 0.000000727. The van der Waals surface area contributed by atoms with Crippen LogP contribution in [0, 0.1) is 0 Å². The maximum atomic E-state index is 11.7. The molecule has 10 nitrogen and oxygen atoms in total. The van der Waals surface area contributed by atoms with E-state index < -0.39 is 35.4 Å². The summed E-state index contributed by atoms with van der Waals surface area (Å²) in [6, 6.07) is 31.9. The Morgan fingerprint density at radius 1 is 0.449 bits per heavy atom. The molecule has 0 spiro atoms. The first-order chi connectivity index (χ1) is 23.2. The number of esters is 4. The fraction of sp³-hybridized carbons (Fsp3) is 0.211. The second kappa shape index (κ2) is 27.3. The molecule has 0 heterocycles. The van der Waals surface area contributed by atoms with Gasteiger partial charge < -0.3 is 19.7 Å². The maximum Gasteiger partial charge on any atom is 2.00 e. The van der Waals surface area contributed by atoms with Crippen LogP contribution in [0.25, 0.3) is 0 Å². The molecule has 0 N–H and O–H groups in total. The number of Topliss-reactive ketones (excluding diaryl/α,β-unsaturated/α-hetero) is 2. The zero-order valence-corrected chi connectivity index (χ0v) is 29.8. The molecule has 49 heavy (non-hydrogen) atoms. The molecule has 0 bridgehead atoms. The zero-order valence-electron chi connectivity index (χ0n) is 27.4. The van der Waals surface area contributed by atoms with Gasteiger partial charge in [-0.05, 0) is 24.3 Å². The Hall–Kier alpha value is -4.70. The molecule has 0 aliphatic heterocycles. The van der Waals surface area contributed by atoms with Crippen LogP contribution < -0.4 is 10.2 Å². The molecular formula is C38H38O10Zr. The molecule has 0 aromatic heterocycles. The molecule has 4 rings (SSSR count). The molecule has 4 aromatic carbocycles. The molecule has 0 aliphatic carbocycles. The molecule has 0 amide bonds. The van der Waals surface area contributed by atoms with Gasteiger partial charge in [0.15, 0.2) is 0 Å². The van der Waals surface area contributed by atoms with Crippen molar-refractivity contribution in [3.05, 3.63) is 144 Å². The van der Waals surface area contributed by atoms with E-state index in [4.69, 9.17) is 0 Å². The summed E-state index contributed by atoms with van der Waals surface area (Å²) in [5.74, 6) is -5.72. The molecule has 254 valence electrons. The monoisotopic (exact) mass is 744 g/mol. The van der Waals surface area contributed by atoms with E-state index in [0.717, 1.165) is 25.7 Å². The summed E-state index contributed by atoms with van der Waals surface area (Å²) < 4.78 is 9.05. The van der Waals surface area contributed by atoms with Crippen LogP contribution in [-0.2, 0) is 45.3 Å². The molecule has 0 saturated carbocycles. The summed E-state index contributed by atoms with van der Waals surface area (Å²) in [4.78, 5) is 69.6. The number of hydrogen-bond donors (Lipinski definition) is 0. The molecular weight excluding hydrogens is 708 g/mol. The van der Waals surface area contributed by atoms with Crippen LogP contribution in [0.1, 0.15) is 81.0 Å². The predicted molar refractivity (Wildman–Crippen MR) is 175 cm³/mol. The average molecular weight is 746 g/mol. The summed E-state index contributed by atoms with van der Waals surface area (Å²) in [6.07, 6.45) is 3.73. The van der Waals surface area contributed by atoms with Crippen molar-refractivity contribution in [2.24, 2.45) is 0 Å². The average Bonchev–Trinajstić information content (AvgIpc) is 3.14. The van der Waals surface area contributed by atoms with E-state index >= 15 is 0 Å². The van der Waals surface area contributed by atoms with Crippen LogP contribution in [0.4, 0.5) is 0 Å². The van der Waals surface area contributed by atoms with Crippen molar-refractivity contribution in [2.45, 2.75) is 39.5 Å². The number of ether oxygens (including phenoxy) is 2. The molecule has 0 saturated heterocycles. The Kier molecular flexibility index (Phi) is 24.7. The summed E-state index contributed by atoms with van der Waals surface area (Å²) in [6.45, 7) is 4.21. The Bertz CT molecular complexity index is 1420. The number of carbonyl (C=O) groups is 6. The molecule has 0 aliphatic rings. The van der Waals surface area contributed by atoms with Crippen LogP contribution in [0.3, 0.4) is 0 Å². The van der Waals surface area contributed by atoms with E-state index in [-0.39, 0.29) is 61.7 Å². The minimum Gasteiger partial charge on any atom is -0.854 e. The number of ketones is 2. The minimum absolute atomic E-state index is 0. The van der Waals surface area contributed by atoms with Crippen LogP contribution in [0.2, 0.25) is 0 Å². The number of benzene rings is 4. The summed E-state index contributed by atoms with van der Waals surface area (Å²) in [5.41, 5.74) is 0.815. The van der Waals surface area contributed by atoms with Crippen molar-refractivity contribution in [3.8, 4) is 0 Å². The van der Waals surface area contributed by atoms with Gasteiger partial charge in [0, 0.05) is 11.1 Å². The van der Waals surface area contributed by atoms with Gasteiger partial charge in [0.05, 0.1) is 11.1 Å². The number of rotatable bonds is 10. The van der Waals surface area contributed by atoms with Crippen molar-refractivity contribution >= 4 is 35.4 Å². The van der Waals surface area contributed by atoms with Crippen molar-refractivity contribution in [3.63, 3.8) is 0 Å². The summed E-state index contributed by atoms with van der Waals surface area (Å²) in [5, 5.41) is 19.1. The van der Waals surface area contributed by atoms with Gasteiger partial charge in [-0.3, -0.25) is 9.59 Å². The first kappa shape index (κ1) is 44.3. The maximum absolute atomic E-state index is 11.7. The fourth-order valence-corrected chi connectivity index (χ4v) is 3.23.